The van der Waals surface area contributed by atoms with Gasteiger partial charge in [0.25, 0.3) is 0 Å². The summed E-state index contributed by atoms with van der Waals surface area (Å²) in [6, 6.07) is 3.51. The van der Waals surface area contributed by atoms with E-state index in [4.69, 9.17) is 0 Å². The number of hydrogen-bond donors (Lipinski definition) is 0. The Bertz CT molecular complexity index is 333. The summed E-state index contributed by atoms with van der Waals surface area (Å²) in [5.74, 6) is 0. The lowest BCUT2D eigenvalue weighted by molar-refractivity contribution is 0.205. The van der Waals surface area contributed by atoms with E-state index in [2.05, 4.69) is 36.7 Å². The number of aryl methyl sites for hydroxylation is 1. The second kappa shape index (κ2) is 4.31. The lowest BCUT2D eigenvalue weighted by Gasteiger charge is -2.28. The number of nitrogens with zero attached hydrogens (tertiary/aromatic N) is 2. The molecule has 2 nitrogen and oxygen atoms in total. The molecule has 0 bridgehead atoms. The minimum Gasteiger partial charge on any atom is -0.294 e. The molecular weight excluding hydrogens is 184 g/mol. The molecule has 1 saturated heterocycles. The normalized spacial score (nSPS) is 22.5. The van der Waals surface area contributed by atoms with Crippen LogP contribution in [0.2, 0.25) is 0 Å². The van der Waals surface area contributed by atoms with Crippen LogP contribution in [0.5, 0.6) is 0 Å². The Morgan fingerprint density at radius 2 is 2.20 bits per heavy atom. The summed E-state index contributed by atoms with van der Waals surface area (Å²) in [6.45, 7) is 7.91. The van der Waals surface area contributed by atoms with Gasteiger partial charge in [0.05, 0.1) is 0 Å². The molecule has 1 fully saturated rings. The Hall–Kier alpha value is -0.890. The van der Waals surface area contributed by atoms with E-state index < -0.39 is 0 Å². The van der Waals surface area contributed by atoms with Crippen molar-refractivity contribution < 1.29 is 0 Å². The molecule has 82 valence electrons. The van der Waals surface area contributed by atoms with E-state index in [1.807, 2.05) is 12.4 Å². The topological polar surface area (TPSA) is 16.1 Å². The quantitative estimate of drug-likeness (QED) is 0.736. The maximum absolute atomic E-state index is 4.30. The molecule has 1 atom stereocenters. The van der Waals surface area contributed by atoms with Gasteiger partial charge >= 0.3 is 0 Å². The maximum Gasteiger partial charge on any atom is 0.0366 e. The summed E-state index contributed by atoms with van der Waals surface area (Å²) in [7, 11) is 0. The van der Waals surface area contributed by atoms with Gasteiger partial charge in [-0.15, -0.1) is 0 Å². The van der Waals surface area contributed by atoms with E-state index in [1.54, 1.807) is 0 Å². The van der Waals surface area contributed by atoms with Crippen molar-refractivity contribution in [1.29, 1.82) is 0 Å². The van der Waals surface area contributed by atoms with Gasteiger partial charge < -0.3 is 0 Å². The number of pyridine rings is 1. The van der Waals surface area contributed by atoms with Crippen molar-refractivity contribution in [2.45, 2.75) is 45.7 Å². The van der Waals surface area contributed by atoms with Gasteiger partial charge in [0, 0.05) is 24.5 Å². The van der Waals surface area contributed by atoms with Gasteiger partial charge in [-0.05, 0) is 51.3 Å². The number of rotatable bonds is 2. The molecule has 0 amide bonds. The Kier molecular flexibility index (Phi) is 3.06. The Balaban J connectivity index is 2.22. The summed E-state index contributed by atoms with van der Waals surface area (Å²) in [4.78, 5) is 6.88. The molecule has 0 saturated carbocycles. The number of aromatic nitrogens is 1. The number of hydrogen-bond acceptors (Lipinski definition) is 2. The molecule has 1 aliphatic rings. The molecule has 1 aromatic rings. The second-order valence-electron chi connectivity index (χ2n) is 4.79. The van der Waals surface area contributed by atoms with Gasteiger partial charge in [-0.3, -0.25) is 9.88 Å². The first-order valence-electron chi connectivity index (χ1n) is 5.86. The minimum atomic E-state index is 0.595. The van der Waals surface area contributed by atoms with Crippen LogP contribution >= 0.6 is 0 Å². The molecule has 0 radical (unpaired) electrons. The van der Waals surface area contributed by atoms with Crippen molar-refractivity contribution in [3.8, 4) is 0 Å². The van der Waals surface area contributed by atoms with Gasteiger partial charge in [0.1, 0.15) is 0 Å². The molecule has 1 aromatic heterocycles. The molecule has 2 heterocycles. The third-order valence-corrected chi connectivity index (χ3v) is 3.24. The largest absolute Gasteiger partial charge is 0.294 e. The third kappa shape index (κ3) is 2.20. The average Bonchev–Trinajstić information content (AvgIpc) is 2.65. The van der Waals surface area contributed by atoms with Crippen LogP contribution in [0.4, 0.5) is 0 Å². The van der Waals surface area contributed by atoms with E-state index in [1.165, 1.54) is 30.5 Å². The highest BCUT2D eigenvalue weighted by Crippen LogP contribution is 2.33. The van der Waals surface area contributed by atoms with Gasteiger partial charge in [0.2, 0.25) is 0 Å². The molecule has 0 spiro atoms. The van der Waals surface area contributed by atoms with Crippen LogP contribution in [0, 0.1) is 6.92 Å². The van der Waals surface area contributed by atoms with Gasteiger partial charge in [-0.1, -0.05) is 6.07 Å². The summed E-state index contributed by atoms with van der Waals surface area (Å²) >= 11 is 0. The smallest absolute Gasteiger partial charge is 0.0366 e. The Morgan fingerprint density at radius 1 is 1.40 bits per heavy atom. The van der Waals surface area contributed by atoms with Gasteiger partial charge in [0.15, 0.2) is 0 Å². The lowest BCUT2D eigenvalue weighted by Crippen LogP contribution is -2.30. The van der Waals surface area contributed by atoms with Crippen LogP contribution < -0.4 is 0 Å². The monoisotopic (exact) mass is 204 g/mol. The minimum absolute atomic E-state index is 0.595. The lowest BCUT2D eigenvalue weighted by atomic mass is 10.0. The Labute approximate surface area is 92.3 Å². The maximum atomic E-state index is 4.30. The summed E-state index contributed by atoms with van der Waals surface area (Å²) in [5.41, 5.74) is 2.66. The zero-order valence-corrected chi connectivity index (χ0v) is 9.90. The fourth-order valence-corrected chi connectivity index (χ4v) is 2.53. The highest BCUT2D eigenvalue weighted by molar-refractivity contribution is 5.21. The van der Waals surface area contributed by atoms with E-state index in [9.17, 15) is 0 Å². The third-order valence-electron chi connectivity index (χ3n) is 3.24. The molecule has 0 aromatic carbocycles. The number of likely N-dealkylation sites (tertiary alicyclic amines) is 1. The van der Waals surface area contributed by atoms with Gasteiger partial charge in [-0.2, -0.15) is 0 Å². The Morgan fingerprint density at radius 3 is 2.87 bits per heavy atom. The van der Waals surface area contributed by atoms with E-state index in [0.29, 0.717) is 12.1 Å². The second-order valence-corrected chi connectivity index (χ2v) is 4.79. The van der Waals surface area contributed by atoms with Crippen molar-refractivity contribution in [3.05, 3.63) is 29.6 Å². The standard InChI is InChI=1S/C13H20N2/c1-10(2)15-6-4-5-13(15)12-7-11(3)8-14-9-12/h7-10,13H,4-6H2,1-3H3. The van der Waals surface area contributed by atoms with Gasteiger partial charge in [-0.25, -0.2) is 0 Å². The average molecular weight is 204 g/mol. The summed E-state index contributed by atoms with van der Waals surface area (Å²) in [5, 5.41) is 0. The predicted octanol–water partition coefficient (Wildman–Crippen LogP) is 2.94. The van der Waals surface area contributed by atoms with Crippen LogP contribution in [-0.4, -0.2) is 22.5 Å². The van der Waals surface area contributed by atoms with E-state index >= 15 is 0 Å². The molecule has 0 N–H and O–H groups in total. The van der Waals surface area contributed by atoms with Crippen molar-refractivity contribution in [1.82, 2.24) is 9.88 Å². The zero-order chi connectivity index (χ0) is 10.8. The van der Waals surface area contributed by atoms with Crippen LogP contribution in [0.25, 0.3) is 0 Å². The predicted molar refractivity (Wildman–Crippen MR) is 62.8 cm³/mol. The first-order valence-corrected chi connectivity index (χ1v) is 5.86. The SMILES string of the molecule is Cc1cncc(C2CCCN2C(C)C)c1. The highest BCUT2D eigenvalue weighted by Gasteiger charge is 2.27. The first-order chi connectivity index (χ1) is 7.18. The first kappa shape index (κ1) is 10.6. The van der Waals surface area contributed by atoms with E-state index in [0.717, 1.165) is 0 Å². The fourth-order valence-electron chi connectivity index (χ4n) is 2.53. The fraction of sp³-hybridized carbons (Fsp3) is 0.615. The van der Waals surface area contributed by atoms with Crippen molar-refractivity contribution in [2.75, 3.05) is 6.54 Å². The van der Waals surface area contributed by atoms with Crippen molar-refractivity contribution in [2.24, 2.45) is 0 Å². The van der Waals surface area contributed by atoms with Crippen molar-refractivity contribution in [3.63, 3.8) is 0 Å². The molecule has 2 heteroatoms. The molecular formula is C13H20N2. The highest BCUT2D eigenvalue weighted by atomic mass is 15.2. The molecule has 0 aliphatic carbocycles. The van der Waals surface area contributed by atoms with Crippen molar-refractivity contribution >= 4 is 0 Å². The summed E-state index contributed by atoms with van der Waals surface area (Å²) in [6.07, 6.45) is 6.55. The van der Waals surface area contributed by atoms with Crippen LogP contribution in [0.3, 0.4) is 0 Å². The molecule has 1 aliphatic heterocycles. The molecule has 2 rings (SSSR count). The van der Waals surface area contributed by atoms with Crippen LogP contribution in [-0.2, 0) is 0 Å². The van der Waals surface area contributed by atoms with E-state index in [-0.39, 0.29) is 0 Å². The van der Waals surface area contributed by atoms with Crippen LogP contribution in [0.15, 0.2) is 18.5 Å². The zero-order valence-electron chi connectivity index (χ0n) is 9.90. The molecule has 1 unspecified atom stereocenters. The molecule has 15 heavy (non-hydrogen) atoms. The van der Waals surface area contributed by atoms with Crippen LogP contribution in [0.1, 0.15) is 43.9 Å². The summed E-state index contributed by atoms with van der Waals surface area (Å²) < 4.78 is 0.